The van der Waals surface area contributed by atoms with E-state index in [1.54, 1.807) is 0 Å². The summed E-state index contributed by atoms with van der Waals surface area (Å²) in [5.74, 6) is 1.12. The van der Waals surface area contributed by atoms with Gasteiger partial charge in [-0.05, 0) is 64.2 Å². The topological polar surface area (TPSA) is 45.2 Å². The third-order valence-electron chi connectivity index (χ3n) is 5.57. The van der Waals surface area contributed by atoms with E-state index in [4.69, 9.17) is 4.98 Å². The number of anilines is 3. The lowest BCUT2D eigenvalue weighted by Crippen LogP contribution is -2.43. The van der Waals surface area contributed by atoms with Gasteiger partial charge >= 0.3 is 0 Å². The number of rotatable bonds is 5. The van der Waals surface area contributed by atoms with Crippen molar-refractivity contribution in [3.63, 3.8) is 0 Å². The fraction of sp³-hybridized carbons (Fsp3) is 0.478. The smallest absolute Gasteiger partial charge is 0.227 e. The highest BCUT2D eigenvalue weighted by atomic mass is 16.2. The minimum Gasteiger partial charge on any atom is -0.340 e. The van der Waals surface area contributed by atoms with Crippen molar-refractivity contribution in [2.45, 2.75) is 73.3 Å². The molecule has 2 aromatic rings. The molecule has 4 nitrogen and oxygen atoms in total. The highest BCUT2D eigenvalue weighted by molar-refractivity contribution is 5.98. The number of fused-ring (bicyclic) bond motifs is 1. The zero-order chi connectivity index (χ0) is 19.7. The number of nitrogens with one attached hydrogen (secondary N) is 1. The maximum Gasteiger partial charge on any atom is 0.227 e. The monoisotopic (exact) mass is 365 g/mol. The predicted octanol–water partition coefficient (Wildman–Crippen LogP) is 5.53. The molecular formula is C23H31N3O. The molecule has 0 aliphatic carbocycles. The molecule has 1 N–H and O–H groups in total. The summed E-state index contributed by atoms with van der Waals surface area (Å²) in [6.07, 6.45) is 3.21. The van der Waals surface area contributed by atoms with E-state index >= 15 is 0 Å². The number of hydrogen-bond acceptors (Lipinski definition) is 3. The fourth-order valence-electron chi connectivity index (χ4n) is 4.28. The van der Waals surface area contributed by atoms with Crippen molar-refractivity contribution >= 4 is 23.1 Å². The van der Waals surface area contributed by atoms with Crippen LogP contribution >= 0.6 is 0 Å². The molecule has 2 heterocycles. The first-order chi connectivity index (χ1) is 12.8. The van der Waals surface area contributed by atoms with Crippen LogP contribution in [0.25, 0.3) is 0 Å². The first-order valence-electron chi connectivity index (χ1n) is 10.0. The third-order valence-corrected chi connectivity index (χ3v) is 5.57. The number of carbonyl (C=O) groups is 1. The largest absolute Gasteiger partial charge is 0.340 e. The molecule has 1 aromatic heterocycles. The number of aromatic nitrogens is 1. The SMILES string of the molecule is CCC(CC)N1C(=O)CCc2c1cc(C)nc2Nc1c(C)cc(C)cc1C. The summed E-state index contributed by atoms with van der Waals surface area (Å²) in [7, 11) is 0. The zero-order valence-corrected chi connectivity index (χ0v) is 17.4. The van der Waals surface area contributed by atoms with Crippen molar-refractivity contribution in [1.29, 1.82) is 0 Å². The van der Waals surface area contributed by atoms with Gasteiger partial charge in [0.2, 0.25) is 5.91 Å². The molecule has 0 spiro atoms. The van der Waals surface area contributed by atoms with E-state index in [0.29, 0.717) is 6.42 Å². The second kappa shape index (κ2) is 7.71. The number of hydrogen-bond donors (Lipinski definition) is 1. The maximum absolute atomic E-state index is 12.7. The molecule has 27 heavy (non-hydrogen) atoms. The maximum atomic E-state index is 12.7. The summed E-state index contributed by atoms with van der Waals surface area (Å²) in [6.45, 7) is 12.7. The molecule has 1 amide bonds. The Balaban J connectivity index is 2.10. The van der Waals surface area contributed by atoms with Gasteiger partial charge in [0.1, 0.15) is 5.82 Å². The van der Waals surface area contributed by atoms with Crippen LogP contribution in [0.3, 0.4) is 0 Å². The van der Waals surface area contributed by atoms with E-state index in [0.717, 1.165) is 47.7 Å². The minimum atomic E-state index is 0.232. The molecule has 1 aliphatic heterocycles. The van der Waals surface area contributed by atoms with Crippen LogP contribution in [0.4, 0.5) is 17.2 Å². The van der Waals surface area contributed by atoms with Gasteiger partial charge in [-0.1, -0.05) is 31.5 Å². The molecule has 1 aliphatic rings. The number of amides is 1. The van der Waals surface area contributed by atoms with Crippen LogP contribution in [0.5, 0.6) is 0 Å². The quantitative estimate of drug-likeness (QED) is 0.758. The first-order valence-corrected chi connectivity index (χ1v) is 10.0. The Morgan fingerprint density at radius 1 is 1.04 bits per heavy atom. The van der Waals surface area contributed by atoms with Crippen LogP contribution in [-0.2, 0) is 11.2 Å². The minimum absolute atomic E-state index is 0.232. The average molecular weight is 366 g/mol. The molecule has 0 radical (unpaired) electrons. The van der Waals surface area contributed by atoms with Gasteiger partial charge in [0.15, 0.2) is 0 Å². The van der Waals surface area contributed by atoms with Crippen molar-refractivity contribution < 1.29 is 4.79 Å². The summed E-state index contributed by atoms with van der Waals surface area (Å²) in [5, 5.41) is 3.60. The van der Waals surface area contributed by atoms with Crippen molar-refractivity contribution in [3.05, 3.63) is 46.1 Å². The lowest BCUT2D eigenvalue weighted by molar-refractivity contribution is -0.119. The van der Waals surface area contributed by atoms with E-state index < -0.39 is 0 Å². The van der Waals surface area contributed by atoms with Gasteiger partial charge in [-0.3, -0.25) is 4.79 Å². The molecule has 0 bridgehead atoms. The van der Waals surface area contributed by atoms with Gasteiger partial charge in [-0.25, -0.2) is 4.98 Å². The van der Waals surface area contributed by atoms with Crippen molar-refractivity contribution in [1.82, 2.24) is 4.98 Å². The van der Waals surface area contributed by atoms with Crippen LogP contribution in [0.1, 0.15) is 61.1 Å². The van der Waals surface area contributed by atoms with Gasteiger partial charge in [0.25, 0.3) is 0 Å². The van der Waals surface area contributed by atoms with E-state index in [2.05, 4.69) is 58.1 Å². The van der Waals surface area contributed by atoms with E-state index in [9.17, 15) is 4.79 Å². The van der Waals surface area contributed by atoms with Crippen LogP contribution in [0.15, 0.2) is 18.2 Å². The molecule has 0 atom stereocenters. The van der Waals surface area contributed by atoms with Gasteiger partial charge in [0.05, 0.1) is 5.69 Å². The number of benzene rings is 1. The Hall–Kier alpha value is -2.36. The van der Waals surface area contributed by atoms with Crippen LogP contribution < -0.4 is 10.2 Å². The second-order valence-electron chi connectivity index (χ2n) is 7.74. The number of pyridine rings is 1. The van der Waals surface area contributed by atoms with Crippen LogP contribution in [-0.4, -0.2) is 16.9 Å². The van der Waals surface area contributed by atoms with E-state index in [1.807, 2.05) is 11.8 Å². The highest BCUT2D eigenvalue weighted by Gasteiger charge is 2.31. The van der Waals surface area contributed by atoms with E-state index in [1.165, 1.54) is 16.7 Å². The highest BCUT2D eigenvalue weighted by Crippen LogP contribution is 2.37. The summed E-state index contributed by atoms with van der Waals surface area (Å²) >= 11 is 0. The Labute approximate surface area is 163 Å². The zero-order valence-electron chi connectivity index (χ0n) is 17.4. The molecule has 0 saturated carbocycles. The average Bonchev–Trinajstić information content (AvgIpc) is 2.60. The summed E-state index contributed by atoms with van der Waals surface area (Å²) < 4.78 is 0. The Morgan fingerprint density at radius 3 is 2.26 bits per heavy atom. The molecule has 3 rings (SSSR count). The second-order valence-corrected chi connectivity index (χ2v) is 7.74. The van der Waals surface area contributed by atoms with Gasteiger partial charge in [-0.2, -0.15) is 0 Å². The summed E-state index contributed by atoms with van der Waals surface area (Å²) in [4.78, 5) is 19.6. The molecule has 4 heteroatoms. The van der Waals surface area contributed by atoms with Gasteiger partial charge in [0, 0.05) is 29.4 Å². The lowest BCUT2D eigenvalue weighted by Gasteiger charge is -2.36. The van der Waals surface area contributed by atoms with Crippen molar-refractivity contribution in [2.75, 3.05) is 10.2 Å². The molecule has 1 aromatic carbocycles. The van der Waals surface area contributed by atoms with Crippen LogP contribution in [0.2, 0.25) is 0 Å². The molecule has 0 unspecified atom stereocenters. The predicted molar refractivity (Wildman–Crippen MR) is 113 cm³/mol. The van der Waals surface area contributed by atoms with E-state index in [-0.39, 0.29) is 11.9 Å². The van der Waals surface area contributed by atoms with Crippen molar-refractivity contribution in [2.24, 2.45) is 0 Å². The number of nitrogens with zero attached hydrogens (tertiary/aromatic N) is 2. The molecule has 144 valence electrons. The third kappa shape index (κ3) is 3.71. The lowest BCUT2D eigenvalue weighted by atomic mass is 9.97. The Kier molecular flexibility index (Phi) is 5.54. The molecule has 0 fully saturated rings. The van der Waals surface area contributed by atoms with Gasteiger partial charge in [-0.15, -0.1) is 0 Å². The molecular weight excluding hydrogens is 334 g/mol. The normalized spacial score (nSPS) is 13.9. The standard InChI is InChI=1S/C23H31N3O/c1-7-18(8-2)26-20-13-17(6)24-23(19(20)9-10-21(26)27)25-22-15(4)11-14(3)12-16(22)5/h11-13,18H,7-10H2,1-6H3,(H,24,25). The van der Waals surface area contributed by atoms with Crippen molar-refractivity contribution in [3.8, 4) is 0 Å². The summed E-state index contributed by atoms with van der Waals surface area (Å²) in [6, 6.07) is 6.70. The first kappa shape index (κ1) is 19.4. The Morgan fingerprint density at radius 2 is 1.67 bits per heavy atom. The number of carbonyl (C=O) groups excluding carboxylic acids is 1. The molecule has 0 saturated heterocycles. The van der Waals surface area contributed by atoms with Crippen LogP contribution in [0, 0.1) is 27.7 Å². The summed E-state index contributed by atoms with van der Waals surface area (Å²) in [5.41, 5.74) is 7.95. The Bertz CT molecular complexity index is 845. The fourth-order valence-corrected chi connectivity index (χ4v) is 4.28. The van der Waals surface area contributed by atoms with Gasteiger partial charge < -0.3 is 10.2 Å². The number of aryl methyl sites for hydroxylation is 4.